The number of rotatable bonds is 7. The van der Waals surface area contributed by atoms with E-state index in [2.05, 4.69) is 33.5 Å². The lowest BCUT2D eigenvalue weighted by Gasteiger charge is -2.30. The Bertz CT molecular complexity index is 1720. The number of aromatic nitrogens is 4. The van der Waals surface area contributed by atoms with Crippen LogP contribution < -0.4 is 14.2 Å². The smallest absolute Gasteiger partial charge is 0.264 e. The second-order valence-corrected chi connectivity index (χ2v) is 14.0. The van der Waals surface area contributed by atoms with Crippen molar-refractivity contribution in [1.82, 2.24) is 19.9 Å². The predicted molar refractivity (Wildman–Crippen MR) is 172 cm³/mol. The summed E-state index contributed by atoms with van der Waals surface area (Å²) in [5, 5.41) is 0. The molecule has 5 rings (SSSR count). The Balaban J connectivity index is 1.63. The third kappa shape index (κ3) is 7.01. The molecule has 2 atom stereocenters. The number of benzene rings is 2. The summed E-state index contributed by atoms with van der Waals surface area (Å²) < 4.78 is 42.4. The molecule has 0 saturated heterocycles. The van der Waals surface area contributed by atoms with Gasteiger partial charge in [0.2, 0.25) is 11.8 Å². The topological polar surface area (TPSA) is 116 Å². The van der Waals surface area contributed by atoms with Gasteiger partial charge in [0.1, 0.15) is 5.82 Å². The summed E-state index contributed by atoms with van der Waals surface area (Å²) in [5.41, 5.74) is 5.27. The van der Waals surface area contributed by atoms with Crippen molar-refractivity contribution in [3.8, 4) is 22.9 Å². The van der Waals surface area contributed by atoms with E-state index in [1.54, 1.807) is 30.6 Å². The average Bonchev–Trinajstić information content (AvgIpc) is 2.95. The van der Waals surface area contributed by atoms with Gasteiger partial charge in [-0.15, -0.1) is 0 Å². The Morgan fingerprint density at radius 3 is 2.32 bits per heavy atom. The zero-order valence-corrected chi connectivity index (χ0v) is 27.3. The SMILES string of the molecule is Cc1cccc(C)c1-c1nc2nc(c1C)OC[C@@H](CC(C)C)C(Cc1ncc(OC(C)C)cn1)c1cccc(c1)S(=O)(=O)N2. The molecule has 0 spiro atoms. The van der Waals surface area contributed by atoms with Crippen molar-refractivity contribution < 1.29 is 17.9 Å². The van der Waals surface area contributed by atoms with Crippen molar-refractivity contribution in [2.75, 3.05) is 11.3 Å². The molecule has 232 valence electrons. The highest BCUT2D eigenvalue weighted by atomic mass is 32.2. The minimum absolute atomic E-state index is 0.0111. The maximum absolute atomic E-state index is 13.7. The van der Waals surface area contributed by atoms with Crippen LogP contribution in [0.15, 0.2) is 59.8 Å². The van der Waals surface area contributed by atoms with Crippen LogP contribution in [0.1, 0.15) is 68.1 Å². The van der Waals surface area contributed by atoms with Gasteiger partial charge in [-0.2, -0.15) is 4.98 Å². The lowest BCUT2D eigenvalue weighted by molar-refractivity contribution is 0.192. The van der Waals surface area contributed by atoms with Crippen LogP contribution in [0, 0.1) is 32.6 Å². The minimum Gasteiger partial charge on any atom is -0.488 e. The molecular formula is C34H41N5O4S. The lowest BCUT2D eigenvalue weighted by atomic mass is 9.79. The van der Waals surface area contributed by atoms with Crippen LogP contribution in [0.2, 0.25) is 0 Å². The van der Waals surface area contributed by atoms with E-state index in [1.165, 1.54) is 0 Å². The average molecular weight is 616 g/mol. The summed E-state index contributed by atoms with van der Waals surface area (Å²) in [7, 11) is -4.01. The van der Waals surface area contributed by atoms with Crippen molar-refractivity contribution in [3.63, 3.8) is 0 Å². The van der Waals surface area contributed by atoms with Gasteiger partial charge in [-0.25, -0.2) is 28.1 Å². The highest BCUT2D eigenvalue weighted by Crippen LogP contribution is 2.37. The van der Waals surface area contributed by atoms with Crippen molar-refractivity contribution in [3.05, 3.63) is 82.9 Å². The molecule has 44 heavy (non-hydrogen) atoms. The van der Waals surface area contributed by atoms with Gasteiger partial charge in [0.05, 0.1) is 35.7 Å². The molecule has 0 fully saturated rings. The molecule has 0 amide bonds. The Hall–Kier alpha value is -4.05. The first-order valence-electron chi connectivity index (χ1n) is 15.1. The van der Waals surface area contributed by atoms with E-state index in [1.807, 2.05) is 58.9 Å². The third-order valence-corrected chi connectivity index (χ3v) is 9.20. The van der Waals surface area contributed by atoms with Crippen LogP contribution in [-0.2, 0) is 16.4 Å². The molecule has 4 aromatic rings. The van der Waals surface area contributed by atoms with Crippen LogP contribution in [0.5, 0.6) is 11.6 Å². The van der Waals surface area contributed by atoms with E-state index in [-0.39, 0.29) is 28.8 Å². The Kier molecular flexibility index (Phi) is 9.20. The highest BCUT2D eigenvalue weighted by molar-refractivity contribution is 7.92. The molecule has 3 heterocycles. The fourth-order valence-electron chi connectivity index (χ4n) is 5.88. The van der Waals surface area contributed by atoms with E-state index in [0.717, 1.165) is 34.2 Å². The van der Waals surface area contributed by atoms with Gasteiger partial charge in [0.25, 0.3) is 10.0 Å². The summed E-state index contributed by atoms with van der Waals surface area (Å²) in [4.78, 5) is 18.6. The van der Waals surface area contributed by atoms with E-state index in [0.29, 0.717) is 42.1 Å². The molecule has 0 radical (unpaired) electrons. The lowest BCUT2D eigenvalue weighted by Crippen LogP contribution is -2.26. The van der Waals surface area contributed by atoms with Crippen molar-refractivity contribution in [2.24, 2.45) is 11.8 Å². The number of nitrogens with one attached hydrogen (secondary N) is 1. The molecule has 0 saturated carbocycles. The van der Waals surface area contributed by atoms with Gasteiger partial charge in [0, 0.05) is 23.5 Å². The molecule has 2 aromatic heterocycles. The van der Waals surface area contributed by atoms with Gasteiger partial charge in [-0.3, -0.25) is 0 Å². The van der Waals surface area contributed by atoms with Crippen LogP contribution in [0.25, 0.3) is 11.3 Å². The van der Waals surface area contributed by atoms with Gasteiger partial charge >= 0.3 is 0 Å². The first-order valence-corrected chi connectivity index (χ1v) is 16.6. The number of fused-ring (bicyclic) bond motifs is 4. The largest absolute Gasteiger partial charge is 0.488 e. The number of aryl methyl sites for hydroxylation is 2. The first kappa shape index (κ1) is 31.4. The summed E-state index contributed by atoms with van der Waals surface area (Å²) in [6.45, 7) is 14.6. The first-order chi connectivity index (χ1) is 20.9. The predicted octanol–water partition coefficient (Wildman–Crippen LogP) is 6.83. The Morgan fingerprint density at radius 1 is 0.977 bits per heavy atom. The molecule has 0 aliphatic carbocycles. The van der Waals surface area contributed by atoms with E-state index < -0.39 is 10.0 Å². The molecule has 1 aliphatic heterocycles. The summed E-state index contributed by atoms with van der Waals surface area (Å²) >= 11 is 0. The molecule has 1 unspecified atom stereocenters. The molecule has 1 N–H and O–H groups in total. The number of hydrogen-bond acceptors (Lipinski definition) is 8. The summed E-state index contributed by atoms with van der Waals surface area (Å²) in [6, 6.07) is 13.1. The number of nitrogens with zero attached hydrogens (tertiary/aromatic N) is 4. The number of hydrogen-bond donors (Lipinski definition) is 1. The summed E-state index contributed by atoms with van der Waals surface area (Å²) in [6.07, 6.45) is 4.74. The van der Waals surface area contributed by atoms with Crippen LogP contribution in [0.4, 0.5) is 5.95 Å². The van der Waals surface area contributed by atoms with Gasteiger partial charge in [0.15, 0.2) is 5.75 Å². The number of sulfonamides is 1. The quantitative estimate of drug-likeness (QED) is 0.241. The van der Waals surface area contributed by atoms with E-state index in [4.69, 9.17) is 14.5 Å². The van der Waals surface area contributed by atoms with E-state index in [9.17, 15) is 8.42 Å². The highest BCUT2D eigenvalue weighted by Gasteiger charge is 2.30. The summed E-state index contributed by atoms with van der Waals surface area (Å²) in [5.74, 6) is 1.85. The maximum Gasteiger partial charge on any atom is 0.264 e. The third-order valence-electron chi connectivity index (χ3n) is 7.87. The second-order valence-electron chi connectivity index (χ2n) is 12.3. The van der Waals surface area contributed by atoms with Gasteiger partial charge in [-0.05, 0) is 81.7 Å². The second kappa shape index (κ2) is 12.9. The zero-order chi connectivity index (χ0) is 31.6. The van der Waals surface area contributed by atoms with Crippen LogP contribution in [-0.4, -0.2) is 41.1 Å². The molecule has 10 heteroatoms. The van der Waals surface area contributed by atoms with Crippen molar-refractivity contribution >= 4 is 16.0 Å². The molecule has 4 bridgehead atoms. The molecular weight excluding hydrogens is 574 g/mol. The fraction of sp³-hybridized carbons (Fsp3) is 0.412. The van der Waals surface area contributed by atoms with Crippen LogP contribution >= 0.6 is 0 Å². The zero-order valence-electron chi connectivity index (χ0n) is 26.5. The normalized spacial score (nSPS) is 17.8. The fourth-order valence-corrected chi connectivity index (χ4v) is 6.88. The number of anilines is 1. The van der Waals surface area contributed by atoms with Gasteiger partial charge < -0.3 is 9.47 Å². The van der Waals surface area contributed by atoms with Gasteiger partial charge in [-0.1, -0.05) is 44.2 Å². The molecule has 1 aliphatic rings. The van der Waals surface area contributed by atoms with E-state index >= 15 is 0 Å². The van der Waals surface area contributed by atoms with Crippen molar-refractivity contribution in [2.45, 2.75) is 78.2 Å². The number of ether oxygens (including phenoxy) is 2. The molecule has 9 nitrogen and oxygen atoms in total. The molecule has 2 aromatic carbocycles. The maximum atomic E-state index is 13.7. The monoisotopic (exact) mass is 615 g/mol. The standard InChI is InChI=1S/C34H41N5O4S/c1-20(2)14-26-19-42-33-24(7)32(31-22(5)10-8-11-23(31)6)37-34(38-33)39-44(40,41)28-13-9-12-25(15-28)29(26)16-30-35-17-27(18-36-30)43-21(3)4/h8-13,15,17-18,20-21,26,29H,14,16,19H2,1-7H3,(H,37,38,39)/t26-,29?/m1/s1. The van der Waals surface area contributed by atoms with Crippen LogP contribution in [0.3, 0.4) is 0 Å². The Labute approximate surface area is 260 Å². The van der Waals surface area contributed by atoms with Crippen molar-refractivity contribution in [1.29, 1.82) is 0 Å². The Morgan fingerprint density at radius 2 is 1.66 bits per heavy atom. The minimum atomic E-state index is -4.01.